The summed E-state index contributed by atoms with van der Waals surface area (Å²) in [6, 6.07) is 12.7. The van der Waals surface area contributed by atoms with Crippen molar-refractivity contribution in [2.24, 2.45) is 0 Å². The predicted molar refractivity (Wildman–Crippen MR) is 104 cm³/mol. The van der Waals surface area contributed by atoms with Gasteiger partial charge < -0.3 is 15.4 Å². The van der Waals surface area contributed by atoms with Crippen molar-refractivity contribution in [3.8, 4) is 0 Å². The topological polar surface area (TPSA) is 67.4 Å². The third-order valence-corrected chi connectivity index (χ3v) is 6.03. The Balaban J connectivity index is 1.97. The third kappa shape index (κ3) is 2.81. The number of amides is 2. The van der Waals surface area contributed by atoms with Gasteiger partial charge in [-0.2, -0.15) is 0 Å². The van der Waals surface area contributed by atoms with Gasteiger partial charge in [0.25, 0.3) is 0 Å². The first kappa shape index (κ1) is 18.3. The molecule has 2 aromatic rings. The highest BCUT2D eigenvalue weighted by molar-refractivity contribution is 6.31. The molecule has 2 aliphatic heterocycles. The van der Waals surface area contributed by atoms with Crippen LogP contribution in [0.25, 0.3) is 0 Å². The number of anilines is 1. The minimum atomic E-state index is -1.05. The lowest BCUT2D eigenvalue weighted by Gasteiger charge is -2.39. The summed E-state index contributed by atoms with van der Waals surface area (Å²) in [6.07, 6.45) is -0.529. The summed E-state index contributed by atoms with van der Waals surface area (Å²) < 4.78 is 5.73. The number of hydrogen-bond acceptors (Lipinski definition) is 3. The van der Waals surface area contributed by atoms with Gasteiger partial charge >= 0.3 is 0 Å². The number of halogens is 2. The molecule has 3 atom stereocenters. The zero-order valence-corrected chi connectivity index (χ0v) is 16.1. The van der Waals surface area contributed by atoms with E-state index in [0.717, 1.165) is 11.1 Å². The Morgan fingerprint density at radius 1 is 1.07 bits per heavy atom. The Bertz CT molecular complexity index is 916. The molecular weight excluding hydrogens is 387 g/mol. The number of carbonyl (C=O) groups excluding carboxylic acids is 2. The van der Waals surface area contributed by atoms with Gasteiger partial charge in [-0.1, -0.05) is 41.4 Å². The van der Waals surface area contributed by atoms with Crippen LogP contribution in [0, 0.1) is 0 Å². The van der Waals surface area contributed by atoms with Crippen LogP contribution in [0.15, 0.2) is 42.5 Å². The van der Waals surface area contributed by atoms with Gasteiger partial charge in [0.1, 0.15) is 5.41 Å². The fourth-order valence-electron chi connectivity index (χ4n) is 4.34. The molecule has 27 heavy (non-hydrogen) atoms. The Labute approximate surface area is 167 Å². The van der Waals surface area contributed by atoms with Crippen LogP contribution in [0.1, 0.15) is 23.5 Å². The maximum absolute atomic E-state index is 13.4. The average molecular weight is 405 g/mol. The molecule has 7 heteroatoms. The van der Waals surface area contributed by atoms with E-state index < -0.39 is 11.5 Å². The summed E-state index contributed by atoms with van der Waals surface area (Å²) >= 11 is 12.2. The molecule has 2 heterocycles. The highest BCUT2D eigenvalue weighted by Gasteiger charge is 2.59. The Morgan fingerprint density at radius 2 is 1.78 bits per heavy atom. The summed E-state index contributed by atoms with van der Waals surface area (Å²) in [7, 11) is 1.53. The van der Waals surface area contributed by atoms with Crippen molar-refractivity contribution in [2.75, 3.05) is 19.0 Å². The maximum atomic E-state index is 13.4. The van der Waals surface area contributed by atoms with Crippen LogP contribution in [0.2, 0.25) is 10.0 Å². The molecule has 0 saturated carbocycles. The van der Waals surface area contributed by atoms with Gasteiger partial charge in [-0.25, -0.2) is 0 Å². The number of rotatable bonds is 2. The van der Waals surface area contributed by atoms with Gasteiger partial charge in [-0.3, -0.25) is 9.59 Å². The van der Waals surface area contributed by atoms with E-state index in [0.29, 0.717) is 22.3 Å². The van der Waals surface area contributed by atoms with Crippen molar-refractivity contribution in [2.45, 2.75) is 23.9 Å². The van der Waals surface area contributed by atoms with E-state index in [9.17, 15) is 9.59 Å². The molecule has 5 nitrogen and oxygen atoms in total. The van der Waals surface area contributed by atoms with Crippen molar-refractivity contribution >= 4 is 40.7 Å². The van der Waals surface area contributed by atoms with Crippen molar-refractivity contribution in [1.82, 2.24) is 5.32 Å². The molecule has 1 spiro atoms. The first-order valence-electron chi connectivity index (χ1n) is 8.63. The van der Waals surface area contributed by atoms with Crippen LogP contribution < -0.4 is 10.6 Å². The molecule has 3 unspecified atom stereocenters. The monoisotopic (exact) mass is 404 g/mol. The lowest BCUT2D eigenvalue weighted by Crippen LogP contribution is -2.51. The Morgan fingerprint density at radius 3 is 2.48 bits per heavy atom. The lowest BCUT2D eigenvalue weighted by atomic mass is 9.64. The van der Waals surface area contributed by atoms with E-state index in [1.54, 1.807) is 24.3 Å². The zero-order valence-electron chi connectivity index (χ0n) is 14.6. The van der Waals surface area contributed by atoms with E-state index in [1.165, 1.54) is 7.11 Å². The number of methoxy groups -OCH3 is 1. The largest absolute Gasteiger partial charge is 0.379 e. The van der Waals surface area contributed by atoms with E-state index in [2.05, 4.69) is 10.6 Å². The first-order valence-corrected chi connectivity index (χ1v) is 9.39. The molecule has 4 rings (SSSR count). The van der Waals surface area contributed by atoms with Crippen LogP contribution in [-0.2, 0) is 19.7 Å². The highest BCUT2D eigenvalue weighted by atomic mass is 35.5. The standard InChI is InChI=1S/C20H18Cl2N2O3/c1-27-17-9-18(25)23-10-15(11-2-4-12(21)5-3-11)20(17)14-7-6-13(22)8-16(14)24-19(20)26/h2-8,15,17H,9-10H2,1H3,(H,23,25)(H,24,26). The van der Waals surface area contributed by atoms with Crippen LogP contribution in [0.4, 0.5) is 5.69 Å². The minimum absolute atomic E-state index is 0.0933. The number of fused-ring (bicyclic) bond motifs is 2. The smallest absolute Gasteiger partial charge is 0.238 e. The molecule has 2 aromatic carbocycles. The number of hydrogen-bond donors (Lipinski definition) is 2. The van der Waals surface area contributed by atoms with Crippen molar-refractivity contribution < 1.29 is 14.3 Å². The van der Waals surface area contributed by atoms with Crippen molar-refractivity contribution in [3.05, 3.63) is 63.6 Å². The summed E-state index contributed by atoms with van der Waals surface area (Å²) in [5, 5.41) is 7.02. The molecule has 2 aliphatic rings. The average Bonchev–Trinajstić information content (AvgIpc) is 2.83. The van der Waals surface area contributed by atoms with Gasteiger partial charge in [0.2, 0.25) is 11.8 Å². The van der Waals surface area contributed by atoms with E-state index in [-0.39, 0.29) is 24.2 Å². The normalized spacial score (nSPS) is 27.1. The van der Waals surface area contributed by atoms with Gasteiger partial charge in [0.05, 0.1) is 12.5 Å². The Hall–Kier alpha value is -2.08. The number of ether oxygens (including phenoxy) is 1. The molecule has 0 aliphatic carbocycles. The van der Waals surface area contributed by atoms with Crippen LogP contribution in [0.3, 0.4) is 0 Å². The van der Waals surface area contributed by atoms with Crippen LogP contribution in [0.5, 0.6) is 0 Å². The van der Waals surface area contributed by atoms with Crippen molar-refractivity contribution in [3.63, 3.8) is 0 Å². The second-order valence-electron chi connectivity index (χ2n) is 6.85. The third-order valence-electron chi connectivity index (χ3n) is 5.54. The van der Waals surface area contributed by atoms with Gasteiger partial charge in [-0.05, 0) is 35.4 Å². The SMILES string of the molecule is COC1CC(=O)NCC(c2ccc(Cl)cc2)C12C(=O)Nc1cc(Cl)ccc12. The zero-order chi connectivity index (χ0) is 19.2. The molecule has 2 amide bonds. The molecule has 1 saturated heterocycles. The van der Waals surface area contributed by atoms with Crippen molar-refractivity contribution in [1.29, 1.82) is 0 Å². The highest BCUT2D eigenvalue weighted by Crippen LogP contribution is 2.52. The molecular formula is C20H18Cl2N2O3. The Kier molecular flexibility index (Phi) is 4.62. The quantitative estimate of drug-likeness (QED) is 0.804. The second kappa shape index (κ2) is 6.82. The van der Waals surface area contributed by atoms with Crippen LogP contribution in [-0.4, -0.2) is 31.6 Å². The molecule has 1 fully saturated rings. The van der Waals surface area contributed by atoms with E-state index >= 15 is 0 Å². The maximum Gasteiger partial charge on any atom is 0.238 e. The first-order chi connectivity index (χ1) is 13.0. The second-order valence-corrected chi connectivity index (χ2v) is 7.72. The minimum Gasteiger partial charge on any atom is -0.379 e. The fourth-order valence-corrected chi connectivity index (χ4v) is 4.64. The van der Waals surface area contributed by atoms with Gasteiger partial charge in [-0.15, -0.1) is 0 Å². The summed E-state index contributed by atoms with van der Waals surface area (Å²) in [5.74, 6) is -0.662. The van der Waals surface area contributed by atoms with Gasteiger partial charge in [0, 0.05) is 35.3 Å². The summed E-state index contributed by atoms with van der Waals surface area (Å²) in [6.45, 7) is 0.315. The van der Waals surface area contributed by atoms with Gasteiger partial charge in [0.15, 0.2) is 0 Å². The van der Waals surface area contributed by atoms with E-state index in [4.69, 9.17) is 27.9 Å². The molecule has 2 N–H and O–H groups in total. The summed E-state index contributed by atoms with van der Waals surface area (Å²) in [5.41, 5.74) is 1.30. The fraction of sp³-hybridized carbons (Fsp3) is 0.300. The number of benzene rings is 2. The lowest BCUT2D eigenvalue weighted by molar-refractivity contribution is -0.129. The number of nitrogens with one attached hydrogen (secondary N) is 2. The molecule has 0 radical (unpaired) electrons. The predicted octanol–water partition coefficient (Wildman–Crippen LogP) is 3.50. The molecule has 140 valence electrons. The van der Waals surface area contributed by atoms with E-state index in [1.807, 2.05) is 18.2 Å². The van der Waals surface area contributed by atoms with Crippen LogP contribution >= 0.6 is 23.2 Å². The number of carbonyl (C=O) groups is 2. The molecule has 0 aromatic heterocycles. The molecule has 0 bridgehead atoms. The summed E-state index contributed by atoms with van der Waals surface area (Å²) in [4.78, 5) is 25.7.